The van der Waals surface area contributed by atoms with Crippen LogP contribution in [0.2, 0.25) is 0 Å². The second-order valence-corrected chi connectivity index (χ2v) is 14.2. The highest BCUT2D eigenvalue weighted by molar-refractivity contribution is 5.90. The van der Waals surface area contributed by atoms with Crippen LogP contribution in [-0.4, -0.2) is 81.3 Å². The van der Waals surface area contributed by atoms with Gasteiger partial charge in [0.05, 0.1) is 48.8 Å². The summed E-state index contributed by atoms with van der Waals surface area (Å²) in [6, 6.07) is 0. The lowest BCUT2D eigenvalue weighted by Crippen LogP contribution is -2.33. The van der Waals surface area contributed by atoms with Crippen LogP contribution in [0, 0.1) is 0 Å². The highest BCUT2D eigenvalue weighted by atomic mass is 16.6. The van der Waals surface area contributed by atoms with E-state index in [2.05, 4.69) is 6.92 Å². The van der Waals surface area contributed by atoms with Crippen molar-refractivity contribution in [2.45, 2.75) is 216 Å². The number of hydrogen-bond acceptors (Lipinski definition) is 8. The van der Waals surface area contributed by atoms with Crippen LogP contribution in [0.5, 0.6) is 0 Å². The van der Waals surface area contributed by atoms with E-state index in [0.29, 0.717) is 24.8 Å². The summed E-state index contributed by atoms with van der Waals surface area (Å²) in [6.45, 7) is 4.03. The largest absolute Gasteiger partial charge is 0.455 e. The number of carbonyl (C=O) groups excluding carboxylic acids is 1. The molecule has 3 aliphatic rings. The molecule has 0 aromatic heterocycles. The first kappa shape index (κ1) is 38.4. The number of aliphatic hydroxyl groups excluding tert-OH is 4. The van der Waals surface area contributed by atoms with Gasteiger partial charge in [-0.3, -0.25) is 0 Å². The third kappa shape index (κ3) is 14.7. The van der Waals surface area contributed by atoms with E-state index in [-0.39, 0.29) is 48.7 Å². The van der Waals surface area contributed by atoms with Crippen LogP contribution in [0.15, 0.2) is 11.6 Å². The fraction of sp³-hybridized carbons (Fsp3) is 0.919. The minimum Gasteiger partial charge on any atom is -0.455 e. The Bertz CT molecular complexity index is 833. The SMILES string of the molecule is CCCCC[C@H](O)CCCC[C@@H](O)[C@@H]1CC[C@@H]([C@@H]2CC[C@@H]([C@@H](O)CCCCCCCCC[C@H](O)CCC3=C[C@@H](C)OC3=O)O2)O1. The maximum absolute atomic E-state index is 11.7. The van der Waals surface area contributed by atoms with Crippen LogP contribution in [-0.2, 0) is 19.0 Å². The second kappa shape index (κ2) is 21.8. The van der Waals surface area contributed by atoms with Crippen LogP contribution in [0.3, 0.4) is 0 Å². The number of hydrogen-bond donors (Lipinski definition) is 4. The van der Waals surface area contributed by atoms with Gasteiger partial charge in [0.1, 0.15) is 6.10 Å². The molecule has 9 atom stereocenters. The van der Waals surface area contributed by atoms with E-state index in [1.165, 1.54) is 19.3 Å². The number of cyclic esters (lactones) is 1. The lowest BCUT2D eigenvalue weighted by molar-refractivity contribution is -0.139. The van der Waals surface area contributed by atoms with Gasteiger partial charge in [0, 0.05) is 5.57 Å². The summed E-state index contributed by atoms with van der Waals surface area (Å²) in [7, 11) is 0. The fourth-order valence-corrected chi connectivity index (χ4v) is 7.27. The molecule has 2 saturated heterocycles. The Hall–Kier alpha value is -1.03. The Labute approximate surface area is 273 Å². The lowest BCUT2D eigenvalue weighted by Gasteiger charge is -2.24. The molecular formula is C37H66O8. The third-order valence-corrected chi connectivity index (χ3v) is 10.1. The van der Waals surface area contributed by atoms with E-state index < -0.39 is 12.2 Å². The maximum Gasteiger partial charge on any atom is 0.334 e. The van der Waals surface area contributed by atoms with Gasteiger partial charge in [-0.1, -0.05) is 84.0 Å². The molecular weight excluding hydrogens is 572 g/mol. The summed E-state index contributed by atoms with van der Waals surface area (Å²) in [5.74, 6) is -0.237. The first-order chi connectivity index (χ1) is 21.8. The standard InChI is InChI=1S/C37H66O8/c1-3-4-10-15-29(38)17-13-14-19-32(41)34-23-25-36(45-34)35-24-22-33(44-35)31(40)18-12-9-7-5-6-8-11-16-30(39)21-20-28-26-27(2)43-37(28)42/h26-27,29-36,38-41H,3-25H2,1-2H3/t27-,29+,30+,31+,32-,33+,34+,35+,36+/m1/s1. The van der Waals surface area contributed by atoms with E-state index in [1.807, 2.05) is 13.0 Å². The first-order valence-electron chi connectivity index (χ1n) is 18.7. The predicted molar refractivity (Wildman–Crippen MR) is 177 cm³/mol. The average Bonchev–Trinajstić information content (AvgIpc) is 3.77. The Balaban J connectivity index is 1.14. The normalized spacial score (nSPS) is 27.8. The molecule has 2 fully saturated rings. The van der Waals surface area contributed by atoms with Gasteiger partial charge in [0.25, 0.3) is 0 Å². The van der Waals surface area contributed by atoms with Crippen molar-refractivity contribution in [3.8, 4) is 0 Å². The molecule has 0 aliphatic carbocycles. The number of carbonyl (C=O) groups is 1. The zero-order valence-corrected chi connectivity index (χ0v) is 28.5. The molecule has 0 aromatic rings. The van der Waals surface area contributed by atoms with Crippen molar-refractivity contribution in [1.29, 1.82) is 0 Å². The van der Waals surface area contributed by atoms with Crippen molar-refractivity contribution in [3.63, 3.8) is 0 Å². The number of unbranched alkanes of at least 4 members (excludes halogenated alkanes) is 9. The molecule has 0 radical (unpaired) electrons. The van der Waals surface area contributed by atoms with Crippen LogP contribution < -0.4 is 0 Å². The van der Waals surface area contributed by atoms with Crippen molar-refractivity contribution < 1.29 is 39.4 Å². The minimum atomic E-state index is -0.459. The quantitative estimate of drug-likeness (QED) is 0.0634. The smallest absolute Gasteiger partial charge is 0.334 e. The Morgan fingerprint density at radius 2 is 1.09 bits per heavy atom. The highest BCUT2D eigenvalue weighted by Crippen LogP contribution is 2.34. The van der Waals surface area contributed by atoms with Crippen LogP contribution in [0.25, 0.3) is 0 Å². The molecule has 262 valence electrons. The van der Waals surface area contributed by atoms with Crippen molar-refractivity contribution in [1.82, 2.24) is 0 Å². The lowest BCUT2D eigenvalue weighted by atomic mass is 9.99. The molecule has 3 rings (SSSR count). The Morgan fingerprint density at radius 1 is 0.644 bits per heavy atom. The summed E-state index contributed by atoms with van der Waals surface area (Å²) in [5.41, 5.74) is 0.700. The van der Waals surface area contributed by atoms with Crippen molar-refractivity contribution >= 4 is 5.97 Å². The monoisotopic (exact) mass is 638 g/mol. The summed E-state index contributed by atoms with van der Waals surface area (Å²) in [4.78, 5) is 11.7. The van der Waals surface area contributed by atoms with Crippen molar-refractivity contribution in [2.75, 3.05) is 0 Å². The molecule has 3 aliphatic heterocycles. The average molecular weight is 639 g/mol. The predicted octanol–water partition coefficient (Wildman–Crippen LogP) is 6.83. The van der Waals surface area contributed by atoms with Crippen molar-refractivity contribution in [3.05, 3.63) is 11.6 Å². The van der Waals surface area contributed by atoms with Gasteiger partial charge in [0.15, 0.2) is 0 Å². The molecule has 0 unspecified atom stereocenters. The fourth-order valence-electron chi connectivity index (χ4n) is 7.27. The number of rotatable bonds is 25. The molecule has 0 bridgehead atoms. The second-order valence-electron chi connectivity index (χ2n) is 14.2. The zero-order chi connectivity index (χ0) is 32.4. The molecule has 8 nitrogen and oxygen atoms in total. The van der Waals surface area contributed by atoms with E-state index in [4.69, 9.17) is 14.2 Å². The van der Waals surface area contributed by atoms with Crippen molar-refractivity contribution in [2.24, 2.45) is 0 Å². The van der Waals surface area contributed by atoms with E-state index >= 15 is 0 Å². The molecule has 4 N–H and O–H groups in total. The van der Waals surface area contributed by atoms with E-state index in [9.17, 15) is 25.2 Å². The molecule has 0 saturated carbocycles. The van der Waals surface area contributed by atoms with Gasteiger partial charge < -0.3 is 34.6 Å². The van der Waals surface area contributed by atoms with E-state index in [0.717, 1.165) is 109 Å². The molecule has 3 heterocycles. The number of esters is 1. The molecule has 0 spiro atoms. The Morgan fingerprint density at radius 3 is 1.60 bits per heavy atom. The van der Waals surface area contributed by atoms with Gasteiger partial charge in [-0.2, -0.15) is 0 Å². The van der Waals surface area contributed by atoms with Gasteiger partial charge in [-0.25, -0.2) is 4.79 Å². The Kier molecular flexibility index (Phi) is 18.6. The molecule has 0 aromatic carbocycles. The third-order valence-electron chi connectivity index (χ3n) is 10.1. The molecule has 0 amide bonds. The zero-order valence-electron chi connectivity index (χ0n) is 28.5. The minimum absolute atomic E-state index is 0.00987. The number of ether oxygens (including phenoxy) is 3. The first-order valence-corrected chi connectivity index (χ1v) is 18.7. The van der Waals surface area contributed by atoms with Crippen LogP contribution in [0.4, 0.5) is 0 Å². The maximum atomic E-state index is 11.7. The van der Waals surface area contributed by atoms with E-state index in [1.54, 1.807) is 0 Å². The highest BCUT2D eigenvalue weighted by Gasteiger charge is 2.40. The molecule has 45 heavy (non-hydrogen) atoms. The van der Waals surface area contributed by atoms with Crippen LogP contribution in [0.1, 0.15) is 162 Å². The number of aliphatic hydroxyl groups is 4. The molecule has 8 heteroatoms. The van der Waals surface area contributed by atoms with Gasteiger partial charge >= 0.3 is 5.97 Å². The summed E-state index contributed by atoms with van der Waals surface area (Å²) in [5, 5.41) is 41.8. The summed E-state index contributed by atoms with van der Waals surface area (Å²) >= 11 is 0. The van der Waals surface area contributed by atoms with Gasteiger partial charge in [0.2, 0.25) is 0 Å². The van der Waals surface area contributed by atoms with Gasteiger partial charge in [-0.15, -0.1) is 0 Å². The topological polar surface area (TPSA) is 126 Å². The summed E-state index contributed by atoms with van der Waals surface area (Å²) in [6.07, 6.45) is 21.8. The summed E-state index contributed by atoms with van der Waals surface area (Å²) < 4.78 is 17.6. The van der Waals surface area contributed by atoms with Crippen LogP contribution >= 0.6 is 0 Å². The van der Waals surface area contributed by atoms with Gasteiger partial charge in [-0.05, 0) is 83.6 Å².